The topological polar surface area (TPSA) is 61.4 Å². The highest BCUT2D eigenvalue weighted by Gasteiger charge is 2.21. The third kappa shape index (κ3) is 3.79. The molecule has 0 saturated carbocycles. The zero-order valence-corrected chi connectivity index (χ0v) is 13.0. The van der Waals surface area contributed by atoms with Crippen LogP contribution in [0.2, 0.25) is 0 Å². The number of benzene rings is 1. The summed E-state index contributed by atoms with van der Waals surface area (Å²) < 4.78 is 27.5. The van der Waals surface area contributed by atoms with Gasteiger partial charge in [-0.3, -0.25) is 0 Å². The van der Waals surface area contributed by atoms with Gasteiger partial charge < -0.3 is 10.2 Å². The van der Waals surface area contributed by atoms with Gasteiger partial charge in [0.15, 0.2) is 0 Å². The first-order valence-corrected chi connectivity index (χ1v) is 8.45. The zero-order chi connectivity index (χ0) is 14.6. The fraction of sp³-hybridized carbons (Fsp3) is 0.571. The van der Waals surface area contributed by atoms with Gasteiger partial charge in [-0.15, -0.1) is 0 Å². The summed E-state index contributed by atoms with van der Waals surface area (Å²) in [6.07, 6.45) is 1.58. The highest BCUT2D eigenvalue weighted by molar-refractivity contribution is 7.89. The van der Waals surface area contributed by atoms with E-state index in [1.165, 1.54) is 0 Å². The second kappa shape index (κ2) is 6.67. The minimum absolute atomic E-state index is 0.446. The number of hydrogen-bond acceptors (Lipinski definition) is 4. The molecule has 2 rings (SSSR count). The van der Waals surface area contributed by atoms with E-state index in [-0.39, 0.29) is 0 Å². The van der Waals surface area contributed by atoms with E-state index in [4.69, 9.17) is 0 Å². The molecule has 1 heterocycles. The largest absolute Gasteiger partial charge is 0.312 e. The van der Waals surface area contributed by atoms with Crippen LogP contribution in [0.3, 0.4) is 0 Å². The normalized spacial score (nSPS) is 15.3. The number of fused-ring (bicyclic) bond motifs is 1. The molecular formula is C14H23N3O2S. The third-order valence-corrected chi connectivity index (χ3v) is 5.01. The Bertz CT molecular complexity index is 556. The Morgan fingerprint density at radius 1 is 1.35 bits per heavy atom. The van der Waals surface area contributed by atoms with Gasteiger partial charge >= 0.3 is 0 Å². The number of rotatable bonds is 6. The Morgan fingerprint density at radius 3 is 2.90 bits per heavy atom. The number of nitrogens with one attached hydrogen (secondary N) is 2. The van der Waals surface area contributed by atoms with E-state index in [0.717, 1.165) is 43.6 Å². The molecule has 0 radical (unpaired) electrons. The van der Waals surface area contributed by atoms with Crippen molar-refractivity contribution in [2.75, 3.05) is 33.7 Å². The van der Waals surface area contributed by atoms with Gasteiger partial charge in [-0.2, -0.15) is 0 Å². The summed E-state index contributed by atoms with van der Waals surface area (Å²) >= 11 is 0. The molecule has 1 aliphatic rings. The first-order valence-electron chi connectivity index (χ1n) is 6.96. The lowest BCUT2D eigenvalue weighted by Crippen LogP contribution is -2.30. The Kier molecular flexibility index (Phi) is 5.15. The third-order valence-electron chi connectivity index (χ3n) is 3.46. The molecule has 0 aromatic heterocycles. The van der Waals surface area contributed by atoms with Crippen molar-refractivity contribution in [3.63, 3.8) is 0 Å². The second-order valence-corrected chi connectivity index (χ2v) is 7.11. The van der Waals surface area contributed by atoms with Crippen LogP contribution in [0, 0.1) is 0 Å². The molecule has 0 fully saturated rings. The first kappa shape index (κ1) is 15.4. The van der Waals surface area contributed by atoms with Crippen molar-refractivity contribution in [2.24, 2.45) is 0 Å². The minimum atomic E-state index is -3.40. The summed E-state index contributed by atoms with van der Waals surface area (Å²) in [6, 6.07) is 5.52. The Hall–Kier alpha value is -0.950. The van der Waals surface area contributed by atoms with Crippen LogP contribution in [-0.2, 0) is 23.0 Å². The van der Waals surface area contributed by atoms with Crippen molar-refractivity contribution in [1.29, 1.82) is 0 Å². The van der Waals surface area contributed by atoms with Crippen LogP contribution in [-0.4, -0.2) is 47.0 Å². The lowest BCUT2D eigenvalue weighted by Gasteiger charge is -2.20. The van der Waals surface area contributed by atoms with Crippen LogP contribution in [0.4, 0.5) is 0 Å². The summed E-state index contributed by atoms with van der Waals surface area (Å²) in [5.41, 5.74) is 2.05. The van der Waals surface area contributed by atoms with Gasteiger partial charge in [0.2, 0.25) is 10.0 Å². The van der Waals surface area contributed by atoms with Crippen molar-refractivity contribution in [3.05, 3.63) is 29.3 Å². The van der Waals surface area contributed by atoms with Crippen LogP contribution < -0.4 is 10.0 Å². The van der Waals surface area contributed by atoms with Gasteiger partial charge in [-0.05, 0) is 57.2 Å². The monoisotopic (exact) mass is 297 g/mol. The Morgan fingerprint density at radius 2 is 2.15 bits per heavy atom. The van der Waals surface area contributed by atoms with Crippen LogP contribution in [0.1, 0.15) is 17.5 Å². The molecule has 5 nitrogen and oxygen atoms in total. The maximum absolute atomic E-state index is 12.4. The second-order valence-electron chi connectivity index (χ2n) is 5.38. The number of hydrogen-bond donors (Lipinski definition) is 2. The quantitative estimate of drug-likeness (QED) is 0.753. The van der Waals surface area contributed by atoms with Gasteiger partial charge in [-0.25, -0.2) is 13.1 Å². The molecule has 1 aromatic rings. The maximum Gasteiger partial charge on any atom is 0.240 e. The predicted molar refractivity (Wildman–Crippen MR) is 80.2 cm³/mol. The van der Waals surface area contributed by atoms with Crippen molar-refractivity contribution in [2.45, 2.75) is 24.3 Å². The molecule has 1 aromatic carbocycles. The van der Waals surface area contributed by atoms with Crippen molar-refractivity contribution in [3.8, 4) is 0 Å². The highest BCUT2D eigenvalue weighted by Crippen LogP contribution is 2.22. The van der Waals surface area contributed by atoms with E-state index in [0.29, 0.717) is 11.4 Å². The molecule has 0 aliphatic carbocycles. The smallest absolute Gasteiger partial charge is 0.240 e. The van der Waals surface area contributed by atoms with Gasteiger partial charge in [0.05, 0.1) is 4.90 Å². The summed E-state index contributed by atoms with van der Waals surface area (Å²) in [6.45, 7) is 2.93. The van der Waals surface area contributed by atoms with Crippen molar-refractivity contribution >= 4 is 10.0 Å². The molecule has 0 unspecified atom stereocenters. The predicted octanol–water partition coefficient (Wildman–Crippen LogP) is 0.562. The van der Waals surface area contributed by atoms with Gasteiger partial charge in [0, 0.05) is 13.1 Å². The van der Waals surface area contributed by atoms with E-state index < -0.39 is 10.0 Å². The molecule has 1 aliphatic heterocycles. The summed E-state index contributed by atoms with van der Waals surface area (Å²) in [7, 11) is 0.566. The SMILES string of the molecule is CN(C)CCCNS(=O)(=O)c1cccc2c1CCNC2. The lowest BCUT2D eigenvalue weighted by atomic mass is 10.0. The average molecular weight is 297 g/mol. The maximum atomic E-state index is 12.4. The molecule has 0 saturated heterocycles. The fourth-order valence-electron chi connectivity index (χ4n) is 2.43. The standard InChI is InChI=1S/C14H23N3O2S/c1-17(2)10-4-8-16-20(18,19)14-6-3-5-12-11-15-9-7-13(12)14/h3,5-6,15-16H,4,7-11H2,1-2H3. The molecule has 6 heteroatoms. The molecule has 20 heavy (non-hydrogen) atoms. The van der Waals surface area contributed by atoms with E-state index in [9.17, 15) is 8.42 Å². The van der Waals surface area contributed by atoms with Crippen LogP contribution in [0.5, 0.6) is 0 Å². The van der Waals surface area contributed by atoms with Crippen LogP contribution >= 0.6 is 0 Å². The van der Waals surface area contributed by atoms with Gasteiger partial charge in [0.1, 0.15) is 0 Å². The lowest BCUT2D eigenvalue weighted by molar-refractivity contribution is 0.400. The van der Waals surface area contributed by atoms with Gasteiger partial charge in [0.25, 0.3) is 0 Å². The molecule has 0 amide bonds. The van der Waals surface area contributed by atoms with Crippen molar-refractivity contribution < 1.29 is 8.42 Å². The van der Waals surface area contributed by atoms with Crippen LogP contribution in [0.25, 0.3) is 0 Å². The van der Waals surface area contributed by atoms with Crippen LogP contribution in [0.15, 0.2) is 23.1 Å². The summed E-state index contributed by atoms with van der Waals surface area (Å²) in [4.78, 5) is 2.49. The summed E-state index contributed by atoms with van der Waals surface area (Å²) in [5.74, 6) is 0. The van der Waals surface area contributed by atoms with E-state index in [1.54, 1.807) is 6.07 Å². The Labute approximate surface area is 121 Å². The van der Waals surface area contributed by atoms with E-state index in [2.05, 4.69) is 10.0 Å². The fourth-order valence-corrected chi connectivity index (χ4v) is 3.81. The molecule has 112 valence electrons. The molecule has 2 N–H and O–H groups in total. The average Bonchev–Trinajstić information content (AvgIpc) is 2.43. The Balaban J connectivity index is 2.09. The molecular weight excluding hydrogens is 274 g/mol. The zero-order valence-electron chi connectivity index (χ0n) is 12.1. The molecule has 0 atom stereocenters. The van der Waals surface area contributed by atoms with Crippen molar-refractivity contribution in [1.82, 2.24) is 14.9 Å². The molecule has 0 spiro atoms. The number of sulfonamides is 1. The van der Waals surface area contributed by atoms with E-state index in [1.807, 2.05) is 31.1 Å². The van der Waals surface area contributed by atoms with Gasteiger partial charge in [-0.1, -0.05) is 12.1 Å². The highest BCUT2D eigenvalue weighted by atomic mass is 32.2. The first-order chi connectivity index (χ1) is 9.50. The number of nitrogens with zero attached hydrogens (tertiary/aromatic N) is 1. The minimum Gasteiger partial charge on any atom is -0.312 e. The molecule has 0 bridgehead atoms. The van der Waals surface area contributed by atoms with E-state index >= 15 is 0 Å². The summed E-state index contributed by atoms with van der Waals surface area (Å²) in [5, 5.41) is 3.26.